The molecule has 5 nitrogen and oxygen atoms in total. The molecule has 0 radical (unpaired) electrons. The molecule has 0 aliphatic heterocycles. The van der Waals surface area contributed by atoms with Crippen molar-refractivity contribution >= 4 is 11.7 Å². The monoisotopic (exact) mass is 327 g/mol. The standard InChI is InChI=1S/C15H16F3N3O2/c1-9-4-5-11(7-13(9)15(16,17)18)19-14(22)21(3)8-12-6-10(2)23-20-12/h4-7H,8H2,1-3H3,(H,19,22). The Balaban J connectivity index is 2.08. The van der Waals surface area contributed by atoms with E-state index in [-0.39, 0.29) is 17.8 Å². The van der Waals surface area contributed by atoms with Crippen LogP contribution in [0.5, 0.6) is 0 Å². The van der Waals surface area contributed by atoms with Crippen molar-refractivity contribution in [3.05, 3.63) is 46.8 Å². The Bertz CT molecular complexity index is 710. The molecule has 0 saturated heterocycles. The van der Waals surface area contributed by atoms with Gasteiger partial charge in [0, 0.05) is 18.8 Å². The summed E-state index contributed by atoms with van der Waals surface area (Å²) in [7, 11) is 1.51. The summed E-state index contributed by atoms with van der Waals surface area (Å²) in [5.74, 6) is 0.613. The van der Waals surface area contributed by atoms with Gasteiger partial charge in [-0.1, -0.05) is 11.2 Å². The van der Waals surface area contributed by atoms with Crippen molar-refractivity contribution in [1.82, 2.24) is 10.1 Å². The molecule has 2 aromatic rings. The van der Waals surface area contributed by atoms with Crippen LogP contribution in [-0.4, -0.2) is 23.1 Å². The van der Waals surface area contributed by atoms with Gasteiger partial charge < -0.3 is 14.7 Å². The van der Waals surface area contributed by atoms with E-state index in [0.717, 1.165) is 6.07 Å². The zero-order chi connectivity index (χ0) is 17.2. The molecule has 1 aromatic heterocycles. The Morgan fingerprint density at radius 3 is 2.57 bits per heavy atom. The summed E-state index contributed by atoms with van der Waals surface area (Å²) in [5, 5.41) is 6.19. The second kappa shape index (κ2) is 6.31. The molecule has 124 valence electrons. The van der Waals surface area contributed by atoms with Crippen LogP contribution in [0.1, 0.15) is 22.6 Å². The van der Waals surface area contributed by atoms with E-state index >= 15 is 0 Å². The van der Waals surface area contributed by atoms with Crippen molar-refractivity contribution in [2.24, 2.45) is 0 Å². The number of nitrogens with zero attached hydrogens (tertiary/aromatic N) is 2. The maximum absolute atomic E-state index is 12.9. The molecule has 0 fully saturated rings. The van der Waals surface area contributed by atoms with Crippen LogP contribution < -0.4 is 5.32 Å². The first-order valence-corrected chi connectivity index (χ1v) is 6.79. The van der Waals surface area contributed by atoms with Gasteiger partial charge in [-0.25, -0.2) is 4.79 Å². The van der Waals surface area contributed by atoms with Gasteiger partial charge in [0.05, 0.1) is 12.1 Å². The number of urea groups is 1. The molecule has 0 aliphatic carbocycles. The van der Waals surface area contributed by atoms with E-state index < -0.39 is 17.8 Å². The van der Waals surface area contributed by atoms with Gasteiger partial charge in [-0.3, -0.25) is 0 Å². The molecule has 23 heavy (non-hydrogen) atoms. The van der Waals surface area contributed by atoms with E-state index in [1.807, 2.05) is 0 Å². The van der Waals surface area contributed by atoms with E-state index in [1.54, 1.807) is 13.0 Å². The lowest BCUT2D eigenvalue weighted by atomic mass is 10.1. The number of anilines is 1. The number of benzene rings is 1. The first-order chi connectivity index (χ1) is 10.7. The number of amides is 2. The van der Waals surface area contributed by atoms with Crippen LogP contribution in [-0.2, 0) is 12.7 Å². The quantitative estimate of drug-likeness (QED) is 0.928. The smallest absolute Gasteiger partial charge is 0.361 e. The molecule has 8 heteroatoms. The molecule has 0 atom stereocenters. The Labute approximate surface area is 131 Å². The van der Waals surface area contributed by atoms with Gasteiger partial charge in [-0.05, 0) is 31.5 Å². The van der Waals surface area contributed by atoms with Crippen LogP contribution in [0.2, 0.25) is 0 Å². The highest BCUT2D eigenvalue weighted by Crippen LogP contribution is 2.33. The molecule has 1 heterocycles. The zero-order valence-corrected chi connectivity index (χ0v) is 12.9. The molecule has 0 aliphatic rings. The van der Waals surface area contributed by atoms with E-state index in [4.69, 9.17) is 4.52 Å². The molecule has 0 saturated carbocycles. The number of aromatic nitrogens is 1. The Morgan fingerprint density at radius 2 is 2.00 bits per heavy atom. The highest BCUT2D eigenvalue weighted by Gasteiger charge is 2.32. The topological polar surface area (TPSA) is 58.4 Å². The number of aryl methyl sites for hydroxylation is 2. The second-order valence-corrected chi connectivity index (χ2v) is 5.24. The summed E-state index contributed by atoms with van der Waals surface area (Å²) in [4.78, 5) is 13.3. The SMILES string of the molecule is Cc1cc(CN(C)C(=O)Nc2ccc(C)c(C(F)(F)F)c2)no1. The minimum absolute atomic E-state index is 0.0797. The molecular formula is C15H16F3N3O2. The van der Waals surface area contributed by atoms with Crippen molar-refractivity contribution in [2.45, 2.75) is 26.6 Å². The first kappa shape index (κ1) is 16.9. The lowest BCUT2D eigenvalue weighted by Crippen LogP contribution is -2.31. The minimum atomic E-state index is -4.46. The Hall–Kier alpha value is -2.51. The number of carbonyl (C=O) groups is 1. The van der Waals surface area contributed by atoms with Gasteiger partial charge in [-0.15, -0.1) is 0 Å². The predicted molar refractivity (Wildman–Crippen MR) is 77.9 cm³/mol. The second-order valence-electron chi connectivity index (χ2n) is 5.24. The highest BCUT2D eigenvalue weighted by molar-refractivity contribution is 5.89. The molecule has 0 spiro atoms. The average molecular weight is 327 g/mol. The number of halogens is 3. The average Bonchev–Trinajstić information content (AvgIpc) is 2.85. The third kappa shape index (κ3) is 4.24. The molecular weight excluding hydrogens is 311 g/mol. The fourth-order valence-electron chi connectivity index (χ4n) is 2.03. The van der Waals surface area contributed by atoms with Crippen molar-refractivity contribution < 1.29 is 22.5 Å². The lowest BCUT2D eigenvalue weighted by Gasteiger charge is -2.18. The molecule has 0 bridgehead atoms. The van der Waals surface area contributed by atoms with Crippen molar-refractivity contribution in [3.63, 3.8) is 0 Å². The largest absolute Gasteiger partial charge is 0.416 e. The van der Waals surface area contributed by atoms with Crippen LogP contribution in [0, 0.1) is 13.8 Å². The number of hydrogen-bond donors (Lipinski definition) is 1. The third-order valence-corrected chi connectivity index (χ3v) is 3.22. The number of nitrogens with one attached hydrogen (secondary N) is 1. The van der Waals surface area contributed by atoms with Gasteiger partial charge in [0.1, 0.15) is 11.5 Å². The maximum Gasteiger partial charge on any atom is 0.416 e. The van der Waals surface area contributed by atoms with Crippen LogP contribution in [0.15, 0.2) is 28.8 Å². The van der Waals surface area contributed by atoms with E-state index in [2.05, 4.69) is 10.5 Å². The summed E-state index contributed by atoms with van der Waals surface area (Å²) in [6, 6.07) is 4.80. The predicted octanol–water partition coefficient (Wildman–Crippen LogP) is 3.97. The van der Waals surface area contributed by atoms with Gasteiger partial charge in [-0.2, -0.15) is 13.2 Å². The summed E-state index contributed by atoms with van der Waals surface area (Å²) in [6.45, 7) is 3.27. The summed E-state index contributed by atoms with van der Waals surface area (Å²) in [5.41, 5.74) is -0.0387. The summed E-state index contributed by atoms with van der Waals surface area (Å²) < 4.78 is 43.5. The van der Waals surface area contributed by atoms with Crippen molar-refractivity contribution in [1.29, 1.82) is 0 Å². The normalized spacial score (nSPS) is 11.4. The van der Waals surface area contributed by atoms with Crippen LogP contribution in [0.3, 0.4) is 0 Å². The minimum Gasteiger partial charge on any atom is -0.361 e. The Morgan fingerprint density at radius 1 is 1.30 bits per heavy atom. The third-order valence-electron chi connectivity index (χ3n) is 3.22. The van der Waals surface area contributed by atoms with Crippen LogP contribution in [0.4, 0.5) is 23.7 Å². The zero-order valence-electron chi connectivity index (χ0n) is 12.9. The Kier molecular flexibility index (Phi) is 4.63. The van der Waals surface area contributed by atoms with Crippen LogP contribution >= 0.6 is 0 Å². The van der Waals surface area contributed by atoms with Crippen molar-refractivity contribution in [2.75, 3.05) is 12.4 Å². The molecule has 2 amide bonds. The highest BCUT2D eigenvalue weighted by atomic mass is 19.4. The van der Waals surface area contributed by atoms with E-state index in [0.29, 0.717) is 11.5 Å². The molecule has 2 rings (SSSR count). The fourth-order valence-corrected chi connectivity index (χ4v) is 2.03. The molecule has 0 unspecified atom stereocenters. The van der Waals surface area contributed by atoms with Crippen molar-refractivity contribution in [3.8, 4) is 0 Å². The lowest BCUT2D eigenvalue weighted by molar-refractivity contribution is -0.138. The number of carbonyl (C=O) groups excluding carboxylic acids is 1. The van der Waals surface area contributed by atoms with Gasteiger partial charge in [0.15, 0.2) is 0 Å². The number of alkyl halides is 3. The number of hydrogen-bond acceptors (Lipinski definition) is 3. The summed E-state index contributed by atoms with van der Waals surface area (Å²) >= 11 is 0. The summed E-state index contributed by atoms with van der Waals surface area (Å²) in [6.07, 6.45) is -4.46. The van der Waals surface area contributed by atoms with E-state index in [1.165, 1.54) is 31.0 Å². The van der Waals surface area contributed by atoms with Gasteiger partial charge in [0.25, 0.3) is 0 Å². The van der Waals surface area contributed by atoms with Gasteiger partial charge >= 0.3 is 12.2 Å². The maximum atomic E-state index is 12.9. The molecule has 1 N–H and O–H groups in total. The number of rotatable bonds is 3. The van der Waals surface area contributed by atoms with Gasteiger partial charge in [0.2, 0.25) is 0 Å². The fraction of sp³-hybridized carbons (Fsp3) is 0.333. The first-order valence-electron chi connectivity index (χ1n) is 6.79. The van der Waals surface area contributed by atoms with E-state index in [9.17, 15) is 18.0 Å². The molecule has 1 aromatic carbocycles. The van der Waals surface area contributed by atoms with Crippen LogP contribution in [0.25, 0.3) is 0 Å².